The van der Waals surface area contributed by atoms with Gasteiger partial charge >= 0.3 is 0 Å². The van der Waals surface area contributed by atoms with Gasteiger partial charge in [0.05, 0.1) is 0 Å². The highest BCUT2D eigenvalue weighted by Crippen LogP contribution is 2.50. The van der Waals surface area contributed by atoms with Gasteiger partial charge in [-0.1, -0.05) is 134 Å². The molecule has 4 rings (SSSR count). The molecule has 2 aliphatic rings. The van der Waals surface area contributed by atoms with Crippen LogP contribution >= 0.6 is 0 Å². The SMILES string of the molecule is C=C1/C(=C/c2cccc(C(C)(C)C)c2)C2=C(C=CCC2)C1c1cccc(CCCCCCC)c1.CC. The van der Waals surface area contributed by atoms with E-state index in [2.05, 4.69) is 101 Å². The van der Waals surface area contributed by atoms with Crippen molar-refractivity contribution in [2.24, 2.45) is 0 Å². The number of allylic oxidation sites excluding steroid dienone is 6. The Morgan fingerprint density at radius 3 is 2.44 bits per heavy atom. The minimum atomic E-state index is 0.152. The molecule has 0 aliphatic heterocycles. The third-order valence-corrected chi connectivity index (χ3v) is 7.45. The van der Waals surface area contributed by atoms with E-state index in [4.69, 9.17) is 0 Å². The van der Waals surface area contributed by atoms with Gasteiger partial charge in [-0.05, 0) is 81.7 Å². The van der Waals surface area contributed by atoms with Crippen molar-refractivity contribution in [3.05, 3.63) is 112 Å². The van der Waals surface area contributed by atoms with Crippen LogP contribution in [-0.2, 0) is 11.8 Å². The molecule has 2 aromatic rings. The predicted molar refractivity (Wildman–Crippen MR) is 161 cm³/mol. The predicted octanol–water partition coefficient (Wildman–Crippen LogP) is 10.9. The van der Waals surface area contributed by atoms with E-state index in [1.54, 1.807) is 0 Å². The summed E-state index contributed by atoms with van der Waals surface area (Å²) in [6.45, 7) is 17.8. The van der Waals surface area contributed by atoms with E-state index in [9.17, 15) is 0 Å². The fourth-order valence-electron chi connectivity index (χ4n) is 5.46. The summed E-state index contributed by atoms with van der Waals surface area (Å²) < 4.78 is 0. The molecular formula is C36H48. The molecule has 0 amide bonds. The smallest absolute Gasteiger partial charge is 0.0343 e. The first-order valence-electron chi connectivity index (χ1n) is 14.4. The van der Waals surface area contributed by atoms with Crippen molar-refractivity contribution >= 4 is 6.08 Å². The van der Waals surface area contributed by atoms with Gasteiger partial charge in [-0.2, -0.15) is 0 Å². The van der Waals surface area contributed by atoms with Crippen LogP contribution in [0.15, 0.2) is 89.6 Å². The number of unbranched alkanes of at least 4 members (excludes halogenated alkanes) is 4. The van der Waals surface area contributed by atoms with Crippen LogP contribution in [0, 0.1) is 0 Å². The van der Waals surface area contributed by atoms with Crippen molar-refractivity contribution < 1.29 is 0 Å². The van der Waals surface area contributed by atoms with Gasteiger partial charge in [-0.25, -0.2) is 0 Å². The van der Waals surface area contributed by atoms with Gasteiger partial charge in [0.1, 0.15) is 0 Å². The Morgan fingerprint density at radius 2 is 1.69 bits per heavy atom. The van der Waals surface area contributed by atoms with Crippen LogP contribution in [0.25, 0.3) is 6.08 Å². The monoisotopic (exact) mass is 480 g/mol. The fraction of sp³-hybridized carbons (Fsp3) is 0.444. The normalized spacial score (nSPS) is 18.3. The summed E-state index contributed by atoms with van der Waals surface area (Å²) >= 11 is 0. The Hall–Kier alpha value is -2.60. The summed E-state index contributed by atoms with van der Waals surface area (Å²) in [5.41, 5.74) is 11.3. The van der Waals surface area contributed by atoms with Crippen LogP contribution in [0.2, 0.25) is 0 Å². The zero-order chi connectivity index (χ0) is 26.1. The molecule has 0 heteroatoms. The molecule has 0 aromatic heterocycles. The summed E-state index contributed by atoms with van der Waals surface area (Å²) in [6, 6.07) is 18.4. The van der Waals surface area contributed by atoms with Crippen LogP contribution < -0.4 is 0 Å². The van der Waals surface area contributed by atoms with E-state index in [1.165, 1.54) is 83.1 Å². The lowest BCUT2D eigenvalue weighted by Crippen LogP contribution is -2.10. The van der Waals surface area contributed by atoms with Crippen molar-refractivity contribution in [3.8, 4) is 0 Å². The molecular weight excluding hydrogens is 432 g/mol. The maximum Gasteiger partial charge on any atom is 0.0343 e. The molecule has 0 spiro atoms. The average molecular weight is 481 g/mol. The first kappa shape index (κ1) is 28.0. The van der Waals surface area contributed by atoms with Crippen LogP contribution in [-0.4, -0.2) is 0 Å². The minimum absolute atomic E-state index is 0.152. The lowest BCUT2D eigenvalue weighted by atomic mass is 9.85. The third kappa shape index (κ3) is 6.78. The minimum Gasteiger partial charge on any atom is -0.0943 e. The number of rotatable bonds is 8. The maximum atomic E-state index is 4.67. The Labute approximate surface area is 221 Å². The highest BCUT2D eigenvalue weighted by molar-refractivity contribution is 5.75. The third-order valence-electron chi connectivity index (χ3n) is 7.45. The van der Waals surface area contributed by atoms with E-state index < -0.39 is 0 Å². The Balaban J connectivity index is 0.00000176. The van der Waals surface area contributed by atoms with Gasteiger partial charge in [-0.3, -0.25) is 0 Å². The van der Waals surface area contributed by atoms with Crippen molar-refractivity contribution in [1.82, 2.24) is 0 Å². The highest BCUT2D eigenvalue weighted by Gasteiger charge is 2.33. The van der Waals surface area contributed by atoms with Crippen molar-refractivity contribution in [2.45, 2.75) is 104 Å². The Morgan fingerprint density at radius 1 is 0.944 bits per heavy atom. The quantitative estimate of drug-likeness (QED) is 0.329. The molecule has 36 heavy (non-hydrogen) atoms. The van der Waals surface area contributed by atoms with Crippen molar-refractivity contribution in [2.75, 3.05) is 0 Å². The lowest BCUT2D eigenvalue weighted by Gasteiger charge is -2.19. The van der Waals surface area contributed by atoms with Gasteiger partial charge in [0, 0.05) is 5.92 Å². The average Bonchev–Trinajstić information content (AvgIpc) is 3.16. The molecule has 1 atom stereocenters. The topological polar surface area (TPSA) is 0 Å². The Kier molecular flexibility index (Phi) is 10.2. The van der Waals surface area contributed by atoms with E-state index in [0.717, 1.165) is 12.8 Å². The molecule has 2 aliphatic carbocycles. The largest absolute Gasteiger partial charge is 0.0943 e. The second-order valence-corrected chi connectivity index (χ2v) is 11.2. The molecule has 0 bridgehead atoms. The molecule has 0 N–H and O–H groups in total. The van der Waals surface area contributed by atoms with E-state index in [1.807, 2.05) is 13.8 Å². The Bertz CT molecular complexity index is 1110. The van der Waals surface area contributed by atoms with Crippen LogP contribution in [0.5, 0.6) is 0 Å². The summed E-state index contributed by atoms with van der Waals surface area (Å²) in [5, 5.41) is 0. The summed E-state index contributed by atoms with van der Waals surface area (Å²) in [4.78, 5) is 0. The van der Waals surface area contributed by atoms with Gasteiger partial charge in [0.15, 0.2) is 0 Å². The van der Waals surface area contributed by atoms with Crippen molar-refractivity contribution in [1.29, 1.82) is 0 Å². The molecule has 0 nitrogen and oxygen atoms in total. The summed E-state index contributed by atoms with van der Waals surface area (Å²) in [6.07, 6.45) is 17.2. The fourth-order valence-corrected chi connectivity index (χ4v) is 5.46. The molecule has 1 unspecified atom stereocenters. The number of hydrogen-bond donors (Lipinski definition) is 0. The second kappa shape index (κ2) is 13.1. The molecule has 2 aromatic carbocycles. The van der Waals surface area contributed by atoms with Gasteiger partial charge < -0.3 is 0 Å². The number of hydrogen-bond acceptors (Lipinski definition) is 0. The second-order valence-electron chi connectivity index (χ2n) is 11.2. The summed E-state index contributed by atoms with van der Waals surface area (Å²) in [5.74, 6) is 0.281. The van der Waals surface area contributed by atoms with E-state index in [0.29, 0.717) is 0 Å². The molecule has 0 saturated heterocycles. The van der Waals surface area contributed by atoms with E-state index >= 15 is 0 Å². The van der Waals surface area contributed by atoms with Gasteiger partial charge in [-0.15, -0.1) is 0 Å². The molecule has 0 fully saturated rings. The van der Waals surface area contributed by atoms with Crippen LogP contribution in [0.1, 0.15) is 115 Å². The highest BCUT2D eigenvalue weighted by atomic mass is 14.4. The number of benzene rings is 2. The zero-order valence-corrected chi connectivity index (χ0v) is 23.8. The first-order chi connectivity index (χ1) is 17.4. The molecule has 0 radical (unpaired) electrons. The van der Waals surface area contributed by atoms with Crippen molar-refractivity contribution in [3.63, 3.8) is 0 Å². The number of aryl methyl sites for hydroxylation is 1. The van der Waals surface area contributed by atoms with Gasteiger partial charge in [0.2, 0.25) is 0 Å². The molecule has 0 saturated carbocycles. The molecule has 192 valence electrons. The first-order valence-corrected chi connectivity index (χ1v) is 14.4. The lowest BCUT2D eigenvalue weighted by molar-refractivity contribution is 0.590. The standard InChI is InChI=1S/C34H42.C2H6/c1-6-7-8-9-10-15-26-16-13-18-28(22-26)33-25(2)32(30-20-11-12-21-31(30)33)24-27-17-14-19-29(23-27)34(3,4)5;1-2/h12-14,16-19,21-24,33H,2,6-11,15,20H2,1,3-5H3;1-2H3/b32-24-;. The molecule has 0 heterocycles. The maximum absolute atomic E-state index is 4.67. The summed E-state index contributed by atoms with van der Waals surface area (Å²) in [7, 11) is 0. The van der Waals surface area contributed by atoms with Crippen LogP contribution in [0.3, 0.4) is 0 Å². The van der Waals surface area contributed by atoms with Gasteiger partial charge in [0.25, 0.3) is 0 Å². The van der Waals surface area contributed by atoms with Crippen LogP contribution in [0.4, 0.5) is 0 Å². The van der Waals surface area contributed by atoms with E-state index in [-0.39, 0.29) is 11.3 Å². The zero-order valence-electron chi connectivity index (χ0n) is 23.8.